The maximum absolute atomic E-state index is 10.9. The fourth-order valence-electron chi connectivity index (χ4n) is 0.672. The second-order valence-electron chi connectivity index (χ2n) is 2.75. The van der Waals surface area contributed by atoms with Crippen molar-refractivity contribution in [2.75, 3.05) is 19.8 Å². The number of hydrogen-bond donors (Lipinski definition) is 1. The highest BCUT2D eigenvalue weighted by Gasteiger charge is 1.99. The topological polar surface area (TPSA) is 72.8 Å². The highest BCUT2D eigenvalue weighted by atomic mass is 16.5. The molecule has 0 aromatic rings. The molecule has 0 bridgehead atoms. The van der Waals surface area contributed by atoms with E-state index >= 15 is 0 Å². The number of hydrogen-bond acceptors (Lipinski definition) is 5. The predicted octanol–water partition coefficient (Wildman–Crippen LogP) is 0.421. The van der Waals surface area contributed by atoms with Crippen LogP contribution in [0.15, 0.2) is 12.2 Å². The van der Waals surface area contributed by atoms with Crippen molar-refractivity contribution < 1.29 is 24.2 Å². The average molecular weight is 216 g/mol. The summed E-state index contributed by atoms with van der Waals surface area (Å²) < 4.78 is 9.34. The number of carbonyl (C=O) groups excluding carboxylic acids is 2. The van der Waals surface area contributed by atoms with Gasteiger partial charge in [-0.15, -0.1) is 0 Å². The molecule has 15 heavy (non-hydrogen) atoms. The van der Waals surface area contributed by atoms with Gasteiger partial charge in [-0.05, 0) is 6.42 Å². The highest BCUT2D eigenvalue weighted by Crippen LogP contribution is 1.88. The van der Waals surface area contributed by atoms with E-state index in [1.165, 1.54) is 0 Å². The van der Waals surface area contributed by atoms with Crippen LogP contribution < -0.4 is 0 Å². The largest absolute Gasteiger partial charge is 0.463 e. The van der Waals surface area contributed by atoms with Crippen LogP contribution in [-0.2, 0) is 19.1 Å². The van der Waals surface area contributed by atoms with Crippen molar-refractivity contribution in [1.29, 1.82) is 0 Å². The molecule has 1 N–H and O–H groups in total. The van der Waals surface area contributed by atoms with Crippen molar-refractivity contribution in [3.8, 4) is 0 Å². The van der Waals surface area contributed by atoms with Crippen LogP contribution in [0, 0.1) is 0 Å². The second kappa shape index (κ2) is 9.21. The molecule has 0 aromatic carbocycles. The summed E-state index contributed by atoms with van der Waals surface area (Å²) in [6.45, 7) is 2.32. The lowest BCUT2D eigenvalue weighted by molar-refractivity contribution is -0.140. The molecular formula is C10H16O5. The minimum Gasteiger partial charge on any atom is -0.463 e. The van der Waals surface area contributed by atoms with Gasteiger partial charge in [0.15, 0.2) is 0 Å². The third kappa shape index (κ3) is 8.96. The van der Waals surface area contributed by atoms with E-state index in [1.54, 1.807) is 0 Å². The SMILES string of the molecule is CCCOC(=O)C=CC(=O)OCCCO. The van der Waals surface area contributed by atoms with Crippen molar-refractivity contribution in [3.05, 3.63) is 12.2 Å². The van der Waals surface area contributed by atoms with Crippen LogP contribution in [0.4, 0.5) is 0 Å². The number of esters is 2. The van der Waals surface area contributed by atoms with Gasteiger partial charge in [0.2, 0.25) is 0 Å². The summed E-state index contributed by atoms with van der Waals surface area (Å²) in [5, 5.41) is 8.41. The average Bonchev–Trinajstić information content (AvgIpc) is 2.24. The quantitative estimate of drug-likeness (QED) is 0.379. The van der Waals surface area contributed by atoms with E-state index in [-0.39, 0.29) is 13.2 Å². The van der Waals surface area contributed by atoms with Crippen LogP contribution in [0.25, 0.3) is 0 Å². The fourth-order valence-corrected chi connectivity index (χ4v) is 0.672. The molecule has 0 aliphatic heterocycles. The molecule has 0 heterocycles. The summed E-state index contributed by atoms with van der Waals surface area (Å²) in [5.41, 5.74) is 0. The smallest absolute Gasteiger partial charge is 0.331 e. The van der Waals surface area contributed by atoms with Crippen molar-refractivity contribution in [1.82, 2.24) is 0 Å². The third-order valence-corrected chi connectivity index (χ3v) is 1.35. The van der Waals surface area contributed by atoms with Gasteiger partial charge in [0.05, 0.1) is 13.2 Å². The van der Waals surface area contributed by atoms with Gasteiger partial charge >= 0.3 is 11.9 Å². The van der Waals surface area contributed by atoms with Crippen LogP contribution in [-0.4, -0.2) is 36.9 Å². The zero-order valence-corrected chi connectivity index (χ0v) is 8.77. The van der Waals surface area contributed by atoms with Gasteiger partial charge < -0.3 is 14.6 Å². The van der Waals surface area contributed by atoms with E-state index in [4.69, 9.17) is 9.84 Å². The van der Waals surface area contributed by atoms with Gasteiger partial charge in [-0.3, -0.25) is 0 Å². The molecule has 0 unspecified atom stereocenters. The Morgan fingerprint density at radius 1 is 1.13 bits per heavy atom. The Bertz CT molecular complexity index is 222. The molecule has 0 amide bonds. The van der Waals surface area contributed by atoms with Gasteiger partial charge in [-0.25, -0.2) is 9.59 Å². The summed E-state index contributed by atoms with van der Waals surface area (Å²) in [6, 6.07) is 0. The summed E-state index contributed by atoms with van der Waals surface area (Å²) in [6.07, 6.45) is 3.16. The fraction of sp³-hybridized carbons (Fsp3) is 0.600. The van der Waals surface area contributed by atoms with E-state index in [1.807, 2.05) is 6.92 Å². The molecule has 0 spiro atoms. The van der Waals surface area contributed by atoms with Gasteiger partial charge in [0, 0.05) is 25.2 Å². The van der Waals surface area contributed by atoms with Crippen LogP contribution in [0.2, 0.25) is 0 Å². The number of aliphatic hydroxyl groups excluding tert-OH is 1. The first-order valence-corrected chi connectivity index (χ1v) is 4.83. The van der Waals surface area contributed by atoms with E-state index in [2.05, 4.69) is 4.74 Å². The van der Waals surface area contributed by atoms with Crippen LogP contribution in [0.1, 0.15) is 19.8 Å². The maximum atomic E-state index is 10.9. The Hall–Kier alpha value is -1.36. The van der Waals surface area contributed by atoms with Crippen molar-refractivity contribution in [2.24, 2.45) is 0 Å². The van der Waals surface area contributed by atoms with Crippen LogP contribution in [0.5, 0.6) is 0 Å². The molecule has 5 nitrogen and oxygen atoms in total. The van der Waals surface area contributed by atoms with E-state index in [9.17, 15) is 9.59 Å². The van der Waals surface area contributed by atoms with E-state index in [0.29, 0.717) is 13.0 Å². The summed E-state index contributed by atoms with van der Waals surface area (Å²) in [7, 11) is 0. The van der Waals surface area contributed by atoms with Gasteiger partial charge in [0.1, 0.15) is 0 Å². The molecule has 0 atom stereocenters. The first-order valence-electron chi connectivity index (χ1n) is 4.83. The molecule has 0 aliphatic carbocycles. The lowest BCUT2D eigenvalue weighted by Crippen LogP contribution is -2.06. The molecule has 86 valence electrons. The molecule has 0 rings (SSSR count). The predicted molar refractivity (Wildman–Crippen MR) is 53.1 cm³/mol. The zero-order chi connectivity index (χ0) is 11.5. The first kappa shape index (κ1) is 13.6. The number of ether oxygens (including phenoxy) is 2. The van der Waals surface area contributed by atoms with Crippen LogP contribution in [0.3, 0.4) is 0 Å². The molecule has 0 fully saturated rings. The number of rotatable bonds is 7. The number of aliphatic hydroxyl groups is 1. The van der Waals surface area contributed by atoms with Gasteiger partial charge in [-0.2, -0.15) is 0 Å². The maximum Gasteiger partial charge on any atom is 0.331 e. The van der Waals surface area contributed by atoms with Crippen molar-refractivity contribution >= 4 is 11.9 Å². The molecular weight excluding hydrogens is 200 g/mol. The Morgan fingerprint density at radius 2 is 1.67 bits per heavy atom. The molecule has 0 aromatic heterocycles. The minimum atomic E-state index is -0.614. The van der Waals surface area contributed by atoms with Crippen LogP contribution >= 0.6 is 0 Å². The summed E-state index contributed by atoms with van der Waals surface area (Å²) in [5.74, 6) is -1.17. The molecule has 0 aliphatic rings. The van der Waals surface area contributed by atoms with Gasteiger partial charge in [-0.1, -0.05) is 6.92 Å². The Morgan fingerprint density at radius 3 is 2.13 bits per heavy atom. The molecule has 0 radical (unpaired) electrons. The summed E-state index contributed by atoms with van der Waals surface area (Å²) in [4.78, 5) is 21.8. The summed E-state index contributed by atoms with van der Waals surface area (Å²) >= 11 is 0. The third-order valence-electron chi connectivity index (χ3n) is 1.35. The standard InChI is InChI=1S/C10H16O5/c1-2-7-14-9(12)4-5-10(13)15-8-3-6-11/h4-5,11H,2-3,6-8H2,1H3. The van der Waals surface area contributed by atoms with Crippen molar-refractivity contribution in [2.45, 2.75) is 19.8 Å². The zero-order valence-electron chi connectivity index (χ0n) is 8.77. The lowest BCUT2D eigenvalue weighted by Gasteiger charge is -1.99. The van der Waals surface area contributed by atoms with E-state index < -0.39 is 11.9 Å². The monoisotopic (exact) mass is 216 g/mol. The second-order valence-corrected chi connectivity index (χ2v) is 2.75. The van der Waals surface area contributed by atoms with Crippen molar-refractivity contribution in [3.63, 3.8) is 0 Å². The Balaban J connectivity index is 3.65. The Labute approximate surface area is 88.7 Å². The lowest BCUT2D eigenvalue weighted by atomic mass is 10.4. The normalized spacial score (nSPS) is 10.3. The molecule has 0 saturated heterocycles. The first-order chi connectivity index (χ1) is 7.20. The highest BCUT2D eigenvalue weighted by molar-refractivity contribution is 5.91. The minimum absolute atomic E-state index is 0.0322. The number of carbonyl (C=O) groups is 2. The van der Waals surface area contributed by atoms with Gasteiger partial charge in [0.25, 0.3) is 0 Å². The Kier molecular flexibility index (Phi) is 8.37. The van der Waals surface area contributed by atoms with E-state index in [0.717, 1.165) is 18.6 Å². The molecule has 5 heteroatoms. The molecule has 0 saturated carbocycles.